The molecule has 0 aliphatic heterocycles. The second-order valence-electron chi connectivity index (χ2n) is 5.84. The predicted octanol–water partition coefficient (Wildman–Crippen LogP) is 2.46. The van der Waals surface area contributed by atoms with Crippen molar-refractivity contribution in [2.24, 2.45) is 0 Å². The highest BCUT2D eigenvalue weighted by molar-refractivity contribution is 5.86. The molecule has 0 radical (unpaired) electrons. The Labute approximate surface area is 130 Å². The lowest BCUT2D eigenvalue weighted by molar-refractivity contribution is -0.751. The molecule has 22 heavy (non-hydrogen) atoms. The second kappa shape index (κ2) is 5.93. The molecular formula is C18H21N3O. The van der Waals surface area contributed by atoms with Gasteiger partial charge in [0, 0.05) is 23.7 Å². The number of fused-ring (bicyclic) bond motifs is 1. The molecule has 0 aliphatic rings. The summed E-state index contributed by atoms with van der Waals surface area (Å²) in [4.78, 5) is 5.51. The van der Waals surface area contributed by atoms with E-state index in [2.05, 4.69) is 48.2 Å². The van der Waals surface area contributed by atoms with Crippen molar-refractivity contribution in [3.05, 3.63) is 71.1 Å². The van der Waals surface area contributed by atoms with Crippen LogP contribution in [0.4, 0.5) is 5.69 Å². The molecule has 2 unspecified atom stereocenters. The Morgan fingerprint density at radius 3 is 2.45 bits per heavy atom. The van der Waals surface area contributed by atoms with Gasteiger partial charge in [0.05, 0.1) is 18.6 Å². The monoisotopic (exact) mass is 295 g/mol. The molecule has 0 bridgehead atoms. The lowest BCUT2D eigenvalue weighted by Gasteiger charge is -2.24. The van der Waals surface area contributed by atoms with Crippen molar-refractivity contribution < 1.29 is 5.06 Å². The number of hydrogen-bond donors (Lipinski definition) is 2. The van der Waals surface area contributed by atoms with Crippen molar-refractivity contribution in [1.29, 1.82) is 0 Å². The Balaban J connectivity index is 2.11. The third kappa shape index (κ3) is 2.64. The number of H-pyrrole nitrogens is 1. The molecule has 2 N–H and O–H groups in total. The summed E-state index contributed by atoms with van der Waals surface area (Å²) in [6.45, 7) is 0. The van der Waals surface area contributed by atoms with E-state index in [1.54, 1.807) is 7.05 Å². The molecule has 4 heteroatoms. The molecule has 4 nitrogen and oxygen atoms in total. The molecule has 0 fully saturated rings. The van der Waals surface area contributed by atoms with E-state index in [0.717, 1.165) is 16.6 Å². The van der Waals surface area contributed by atoms with Gasteiger partial charge < -0.3 is 15.3 Å². The fourth-order valence-electron chi connectivity index (χ4n) is 2.99. The van der Waals surface area contributed by atoms with Gasteiger partial charge in [-0.15, -0.1) is 0 Å². The third-order valence-electron chi connectivity index (χ3n) is 4.05. The molecule has 3 rings (SSSR count). The first kappa shape index (κ1) is 14.8. The largest absolute Gasteiger partial charge is 0.629 e. The van der Waals surface area contributed by atoms with Crippen LogP contribution < -0.4 is 5.06 Å². The molecule has 1 aromatic heterocycles. The number of quaternary nitrogens is 1. The summed E-state index contributed by atoms with van der Waals surface area (Å²) in [5.41, 5.74) is 4.22. The first-order valence-electron chi connectivity index (χ1n) is 7.41. The smallest absolute Gasteiger partial charge is 0.133 e. The van der Waals surface area contributed by atoms with Gasteiger partial charge in [0.2, 0.25) is 0 Å². The van der Waals surface area contributed by atoms with Gasteiger partial charge >= 0.3 is 0 Å². The fraction of sp³-hybridized carbons (Fsp3) is 0.222. The van der Waals surface area contributed by atoms with Gasteiger partial charge in [-0.25, -0.2) is 0 Å². The van der Waals surface area contributed by atoms with Crippen molar-refractivity contribution in [3.8, 4) is 0 Å². The van der Waals surface area contributed by atoms with Crippen LogP contribution >= 0.6 is 0 Å². The third-order valence-corrected chi connectivity index (χ3v) is 4.05. The molecular weight excluding hydrogens is 274 g/mol. The molecule has 3 aromatic rings. The molecule has 0 amide bonds. The Kier molecular flexibility index (Phi) is 3.98. The van der Waals surface area contributed by atoms with Crippen LogP contribution in [-0.4, -0.2) is 31.0 Å². The Morgan fingerprint density at radius 2 is 1.82 bits per heavy atom. The molecule has 0 spiro atoms. The number of nitrogens with zero attached hydrogens (tertiary/aromatic N) is 1. The average Bonchev–Trinajstić information content (AvgIpc) is 2.91. The summed E-state index contributed by atoms with van der Waals surface area (Å²) in [6.07, 6.45) is 2.05. The van der Waals surface area contributed by atoms with E-state index in [9.17, 15) is 5.21 Å². The van der Waals surface area contributed by atoms with Crippen LogP contribution in [0.15, 0.2) is 54.7 Å². The van der Waals surface area contributed by atoms with E-state index in [1.165, 1.54) is 11.1 Å². The average molecular weight is 295 g/mol. The van der Waals surface area contributed by atoms with Crippen molar-refractivity contribution in [2.45, 2.75) is 6.04 Å². The number of hydroxylamine groups is 1. The summed E-state index contributed by atoms with van der Waals surface area (Å²) in [5, 5.41) is 12.8. The van der Waals surface area contributed by atoms with Crippen molar-refractivity contribution in [2.75, 3.05) is 21.1 Å². The van der Waals surface area contributed by atoms with Gasteiger partial charge in [-0.05, 0) is 31.3 Å². The van der Waals surface area contributed by atoms with E-state index in [1.807, 2.05) is 30.5 Å². The highest BCUT2D eigenvalue weighted by Gasteiger charge is 2.20. The molecule has 0 aliphatic carbocycles. The maximum Gasteiger partial charge on any atom is 0.133 e. The van der Waals surface area contributed by atoms with Gasteiger partial charge in [0.15, 0.2) is 0 Å². The van der Waals surface area contributed by atoms with E-state index in [4.69, 9.17) is 0 Å². The van der Waals surface area contributed by atoms with E-state index in [0.29, 0.717) is 0 Å². The van der Waals surface area contributed by atoms with Crippen molar-refractivity contribution >= 4 is 16.6 Å². The quantitative estimate of drug-likeness (QED) is 0.726. The molecule has 2 aromatic carbocycles. The normalized spacial score (nSPS) is 14.4. The van der Waals surface area contributed by atoms with Crippen molar-refractivity contribution in [1.82, 2.24) is 9.88 Å². The zero-order valence-corrected chi connectivity index (χ0v) is 13.1. The van der Waals surface area contributed by atoms with E-state index >= 15 is 0 Å². The number of aromatic amines is 1. The van der Waals surface area contributed by atoms with Gasteiger partial charge in [-0.3, -0.25) is 4.90 Å². The zero-order valence-electron chi connectivity index (χ0n) is 13.1. The van der Waals surface area contributed by atoms with Gasteiger partial charge in [-0.1, -0.05) is 30.3 Å². The van der Waals surface area contributed by atoms with Crippen LogP contribution in [0.1, 0.15) is 17.2 Å². The van der Waals surface area contributed by atoms with E-state index in [-0.39, 0.29) is 11.1 Å². The maximum absolute atomic E-state index is 11.5. The summed E-state index contributed by atoms with van der Waals surface area (Å²) < 4.78 is 0. The number of rotatable bonds is 4. The number of benzene rings is 2. The minimum atomic E-state index is 0.0882. The standard InChI is InChI=1S/C18H21N3O/c1-20(2)18(13-7-5-4-6-8-13)16-12-19-17-11-14(21(3)22)9-10-15(16)17/h4-12,18-19,21H,1-3H3. The molecule has 0 saturated carbocycles. The van der Waals surface area contributed by atoms with Crippen LogP contribution in [-0.2, 0) is 0 Å². The van der Waals surface area contributed by atoms with Gasteiger partial charge in [-0.2, -0.15) is 0 Å². The summed E-state index contributed by atoms with van der Waals surface area (Å²) >= 11 is 0. The minimum absolute atomic E-state index is 0.0882. The maximum atomic E-state index is 11.5. The predicted molar refractivity (Wildman–Crippen MR) is 90.2 cm³/mol. The zero-order chi connectivity index (χ0) is 15.7. The van der Waals surface area contributed by atoms with Gasteiger partial charge in [0.25, 0.3) is 0 Å². The van der Waals surface area contributed by atoms with Crippen LogP contribution in [0.2, 0.25) is 0 Å². The lowest BCUT2D eigenvalue weighted by Crippen LogP contribution is -2.98. The first-order chi connectivity index (χ1) is 10.6. The number of hydrogen-bond acceptors (Lipinski definition) is 2. The van der Waals surface area contributed by atoms with E-state index < -0.39 is 0 Å². The topological polar surface area (TPSA) is 46.5 Å². The molecule has 1 heterocycles. The van der Waals surface area contributed by atoms with Crippen LogP contribution in [0.3, 0.4) is 0 Å². The highest BCUT2D eigenvalue weighted by Crippen LogP contribution is 2.32. The summed E-state index contributed by atoms with van der Waals surface area (Å²) in [7, 11) is 5.76. The Bertz CT molecular complexity index is 762. The number of nitrogens with one attached hydrogen (secondary N) is 2. The number of aromatic nitrogens is 1. The molecule has 0 saturated heterocycles. The molecule has 114 valence electrons. The summed E-state index contributed by atoms with van der Waals surface area (Å²) in [5.74, 6) is 0. The lowest BCUT2D eigenvalue weighted by atomic mass is 9.97. The first-order valence-corrected chi connectivity index (χ1v) is 7.41. The minimum Gasteiger partial charge on any atom is -0.629 e. The second-order valence-corrected chi connectivity index (χ2v) is 5.84. The van der Waals surface area contributed by atoms with Crippen LogP contribution in [0, 0.1) is 5.21 Å². The summed E-state index contributed by atoms with van der Waals surface area (Å²) in [6, 6.07) is 16.5. The SMILES string of the molecule is CN(C)C(c1ccccc1)c1c[nH]c2cc([NH+](C)[O-])ccc12. The fourth-order valence-corrected chi connectivity index (χ4v) is 2.99. The van der Waals surface area contributed by atoms with Crippen molar-refractivity contribution in [3.63, 3.8) is 0 Å². The Hall–Kier alpha value is -2.14. The highest BCUT2D eigenvalue weighted by atomic mass is 16.5. The van der Waals surface area contributed by atoms with Crippen LogP contribution in [0.5, 0.6) is 0 Å². The van der Waals surface area contributed by atoms with Crippen LogP contribution in [0.25, 0.3) is 10.9 Å². The van der Waals surface area contributed by atoms with Gasteiger partial charge in [0.1, 0.15) is 5.69 Å². The Morgan fingerprint density at radius 1 is 1.09 bits per heavy atom. The molecule has 2 atom stereocenters.